The summed E-state index contributed by atoms with van der Waals surface area (Å²) in [4.78, 5) is 14.1. The summed E-state index contributed by atoms with van der Waals surface area (Å²) in [5.74, 6) is -2.31. The molecule has 0 spiro atoms. The maximum atomic E-state index is 15.9. The van der Waals surface area contributed by atoms with E-state index in [0.717, 1.165) is 16.7 Å². The van der Waals surface area contributed by atoms with Gasteiger partial charge in [-0.3, -0.25) is 9.13 Å². The number of imidazole rings is 1. The quantitative estimate of drug-likeness (QED) is 0.122. The van der Waals surface area contributed by atoms with Crippen LogP contribution < -0.4 is 14.8 Å². The van der Waals surface area contributed by atoms with Crippen molar-refractivity contribution in [3.05, 3.63) is 108 Å². The molecule has 11 nitrogen and oxygen atoms in total. The van der Waals surface area contributed by atoms with Crippen molar-refractivity contribution in [2.24, 2.45) is 5.92 Å². The molecule has 1 unspecified atom stereocenters. The Hall–Kier alpha value is -4.35. The number of rotatable bonds is 12. The number of benzene rings is 3. The smallest absolute Gasteiger partial charge is 0.247 e. The van der Waals surface area contributed by atoms with Gasteiger partial charge in [-0.2, -0.15) is 9.97 Å². The predicted molar refractivity (Wildman–Crippen MR) is 176 cm³/mol. The number of methoxy groups -OCH3 is 1. The lowest BCUT2D eigenvalue weighted by Gasteiger charge is -2.37. The van der Waals surface area contributed by atoms with E-state index in [4.69, 9.17) is 28.7 Å². The molecule has 1 saturated heterocycles. The maximum absolute atomic E-state index is 15.9. The van der Waals surface area contributed by atoms with Gasteiger partial charge < -0.3 is 29.2 Å². The first-order chi connectivity index (χ1) is 22.7. The van der Waals surface area contributed by atoms with E-state index in [0.29, 0.717) is 17.9 Å². The van der Waals surface area contributed by atoms with Gasteiger partial charge in [-0.15, -0.1) is 0 Å². The standard InChI is InChI=1S/C34H37FN5O6P/c1-5-44-30-27-29(40(21-36-27)31-28(41)22(2)33(35,46-31)20-45-47(4)42)37-32(38-30)39-34(23-12-8-6-9-13-23,24-14-10-7-11-15-24)25-16-18-26(43-3)19-17-25/h6-19,21-22,28,31,41,47H,5,20H2,1-4H3,(H,37,38,39)/t22-,28+,31+,33+/m0/s1. The number of alkyl halides is 1. The molecule has 1 fully saturated rings. The summed E-state index contributed by atoms with van der Waals surface area (Å²) in [6, 6.07) is 27.6. The van der Waals surface area contributed by atoms with Crippen LogP contribution in [0.4, 0.5) is 10.3 Å². The molecule has 2 aromatic heterocycles. The van der Waals surface area contributed by atoms with Crippen molar-refractivity contribution in [3.63, 3.8) is 0 Å². The second-order valence-electron chi connectivity index (χ2n) is 11.3. The molecule has 3 heterocycles. The topological polar surface area (TPSA) is 130 Å². The Morgan fingerprint density at radius 1 is 1.02 bits per heavy atom. The van der Waals surface area contributed by atoms with Crippen LogP contribution in [0, 0.1) is 5.92 Å². The van der Waals surface area contributed by atoms with Gasteiger partial charge >= 0.3 is 0 Å². The number of nitrogens with zero attached hydrogens (tertiary/aromatic N) is 4. The Morgan fingerprint density at radius 2 is 1.64 bits per heavy atom. The number of ether oxygens (including phenoxy) is 3. The third-order valence-electron chi connectivity index (χ3n) is 8.45. The Bertz CT molecular complexity index is 1810. The van der Waals surface area contributed by atoms with Gasteiger partial charge in [-0.25, -0.2) is 9.37 Å². The number of aliphatic hydroxyl groups excluding tert-OH is 1. The average Bonchev–Trinajstić information content (AvgIpc) is 3.62. The number of aliphatic hydroxyl groups is 1. The van der Waals surface area contributed by atoms with E-state index in [1.54, 1.807) is 7.11 Å². The Labute approximate surface area is 272 Å². The summed E-state index contributed by atoms with van der Waals surface area (Å²) in [7, 11) is -0.816. The molecule has 0 aliphatic carbocycles. The highest BCUT2D eigenvalue weighted by Crippen LogP contribution is 2.45. The second-order valence-corrected chi connectivity index (χ2v) is 12.6. The van der Waals surface area contributed by atoms with E-state index in [9.17, 15) is 9.67 Å². The molecule has 6 rings (SSSR count). The summed E-state index contributed by atoms with van der Waals surface area (Å²) < 4.78 is 51.3. The number of hydrogen-bond donors (Lipinski definition) is 2. The average molecular weight is 662 g/mol. The second kappa shape index (κ2) is 13.4. The molecule has 47 heavy (non-hydrogen) atoms. The van der Waals surface area contributed by atoms with Crippen molar-refractivity contribution in [3.8, 4) is 11.6 Å². The van der Waals surface area contributed by atoms with Crippen molar-refractivity contribution in [1.29, 1.82) is 0 Å². The minimum Gasteiger partial charge on any atom is -0.497 e. The first-order valence-corrected chi connectivity index (χ1v) is 17.1. The first kappa shape index (κ1) is 32.6. The number of halogens is 1. The van der Waals surface area contributed by atoms with Crippen LogP contribution in [0.5, 0.6) is 11.6 Å². The number of aromatic nitrogens is 4. The van der Waals surface area contributed by atoms with Crippen molar-refractivity contribution in [2.45, 2.75) is 37.6 Å². The number of anilines is 1. The first-order valence-electron chi connectivity index (χ1n) is 15.3. The van der Waals surface area contributed by atoms with Gasteiger partial charge in [0.05, 0.1) is 20.0 Å². The molecule has 1 aliphatic heterocycles. The SMILES string of the molecule is CCOc1nc(NC(c2ccccc2)(c2ccccc2)c2ccc(OC)cc2)nc2c1ncn2[C@@H]1O[C@](F)(CO[PH](C)=O)[C@@H](C)[C@H]1O. The summed E-state index contributed by atoms with van der Waals surface area (Å²) in [5.41, 5.74) is 2.26. The monoisotopic (exact) mass is 661 g/mol. The van der Waals surface area contributed by atoms with Gasteiger partial charge in [0.2, 0.25) is 17.7 Å². The molecule has 13 heteroatoms. The fourth-order valence-electron chi connectivity index (χ4n) is 5.94. The van der Waals surface area contributed by atoms with E-state index in [2.05, 4.69) is 10.3 Å². The molecule has 2 N–H and O–H groups in total. The maximum Gasteiger partial charge on any atom is 0.247 e. The van der Waals surface area contributed by atoms with Crippen LogP contribution >= 0.6 is 8.03 Å². The summed E-state index contributed by atoms with van der Waals surface area (Å²) in [5, 5.41) is 14.8. The van der Waals surface area contributed by atoms with Crippen LogP contribution in [-0.2, 0) is 19.4 Å². The van der Waals surface area contributed by atoms with Crippen LogP contribution in [0.3, 0.4) is 0 Å². The molecule has 0 bridgehead atoms. The lowest BCUT2D eigenvalue weighted by Crippen LogP contribution is -2.38. The summed E-state index contributed by atoms with van der Waals surface area (Å²) in [6.07, 6.45) is -1.10. The fourth-order valence-corrected chi connectivity index (χ4v) is 6.34. The molecular weight excluding hydrogens is 624 g/mol. The van der Waals surface area contributed by atoms with Crippen molar-refractivity contribution in [2.75, 3.05) is 32.3 Å². The highest BCUT2D eigenvalue weighted by Gasteiger charge is 2.55. The summed E-state index contributed by atoms with van der Waals surface area (Å²) in [6.45, 7) is 4.41. The highest BCUT2D eigenvalue weighted by atomic mass is 31.1. The molecule has 246 valence electrons. The predicted octanol–water partition coefficient (Wildman–Crippen LogP) is 5.95. The molecule has 5 atom stereocenters. The lowest BCUT2D eigenvalue weighted by atomic mass is 9.77. The normalized spacial score (nSPS) is 21.9. The molecule has 3 aromatic carbocycles. The lowest BCUT2D eigenvalue weighted by molar-refractivity contribution is -0.186. The molecule has 5 aromatic rings. The van der Waals surface area contributed by atoms with E-state index in [1.807, 2.05) is 91.9 Å². The molecular formula is C34H37FN5O6P. The highest BCUT2D eigenvalue weighted by molar-refractivity contribution is 7.38. The number of hydrogen-bond acceptors (Lipinski definition) is 10. The molecule has 1 aliphatic rings. The van der Waals surface area contributed by atoms with Crippen molar-refractivity contribution >= 4 is 25.1 Å². The van der Waals surface area contributed by atoms with Gasteiger partial charge in [0.1, 0.15) is 24.0 Å². The van der Waals surface area contributed by atoms with Crippen LogP contribution in [-0.4, -0.2) is 63.6 Å². The largest absolute Gasteiger partial charge is 0.497 e. The number of fused-ring (bicyclic) bond motifs is 1. The fraction of sp³-hybridized carbons (Fsp3) is 0.324. The molecule has 0 radical (unpaired) electrons. The molecule has 0 saturated carbocycles. The summed E-state index contributed by atoms with van der Waals surface area (Å²) >= 11 is 0. The third kappa shape index (κ3) is 6.09. The zero-order chi connectivity index (χ0) is 33.2. The van der Waals surface area contributed by atoms with Gasteiger partial charge in [0.15, 0.2) is 25.4 Å². The molecule has 0 amide bonds. The minimum absolute atomic E-state index is 0.186. The van der Waals surface area contributed by atoms with Crippen molar-refractivity contribution < 1.29 is 32.8 Å². The zero-order valence-corrected chi connectivity index (χ0v) is 27.5. The van der Waals surface area contributed by atoms with E-state index in [1.165, 1.54) is 24.5 Å². The zero-order valence-electron chi connectivity index (χ0n) is 26.5. The third-order valence-corrected chi connectivity index (χ3v) is 9.00. The van der Waals surface area contributed by atoms with Gasteiger partial charge in [0, 0.05) is 12.6 Å². The van der Waals surface area contributed by atoms with Gasteiger partial charge in [-0.05, 0) is 35.7 Å². The Morgan fingerprint density at radius 3 is 2.21 bits per heavy atom. The van der Waals surface area contributed by atoms with E-state index >= 15 is 4.39 Å². The van der Waals surface area contributed by atoms with Gasteiger partial charge in [-0.1, -0.05) is 79.7 Å². The van der Waals surface area contributed by atoms with Crippen LogP contribution in [0.1, 0.15) is 36.8 Å². The Kier molecular flexibility index (Phi) is 9.29. The number of nitrogens with one attached hydrogen (secondary N) is 1. The van der Waals surface area contributed by atoms with Gasteiger partial charge in [0.25, 0.3) is 0 Å². The minimum atomic E-state index is -2.43. The van der Waals surface area contributed by atoms with Crippen LogP contribution in [0.15, 0.2) is 91.3 Å². The van der Waals surface area contributed by atoms with Crippen LogP contribution in [0.25, 0.3) is 11.2 Å². The van der Waals surface area contributed by atoms with Crippen molar-refractivity contribution in [1.82, 2.24) is 19.5 Å². The van der Waals surface area contributed by atoms with E-state index in [-0.39, 0.29) is 17.5 Å². The van der Waals surface area contributed by atoms with E-state index < -0.39 is 44.3 Å². The Balaban J connectivity index is 1.52. The van der Waals surface area contributed by atoms with Crippen LogP contribution in [0.2, 0.25) is 0 Å².